The zero-order valence-corrected chi connectivity index (χ0v) is 10.1. The summed E-state index contributed by atoms with van der Waals surface area (Å²) in [6, 6.07) is 0. The Bertz CT molecular complexity index is 524. The Labute approximate surface area is 101 Å². The molecule has 0 radical (unpaired) electrons. The zero-order valence-electron chi connectivity index (χ0n) is 9.29. The van der Waals surface area contributed by atoms with Crippen LogP contribution >= 0.6 is 11.8 Å². The fraction of sp³-hybridized carbons (Fsp3) is 0.600. The molecule has 0 amide bonds. The van der Waals surface area contributed by atoms with Crippen molar-refractivity contribution in [2.75, 3.05) is 6.61 Å². The minimum Gasteiger partial charge on any atom is -0.395 e. The molecule has 0 bridgehead atoms. The van der Waals surface area contributed by atoms with Gasteiger partial charge in [0.2, 0.25) is 0 Å². The van der Waals surface area contributed by atoms with Crippen molar-refractivity contribution in [1.82, 2.24) is 9.55 Å². The van der Waals surface area contributed by atoms with Gasteiger partial charge in [0.05, 0.1) is 23.3 Å². The average molecular weight is 258 g/mol. The van der Waals surface area contributed by atoms with Crippen LogP contribution in [0.25, 0.3) is 0 Å². The van der Waals surface area contributed by atoms with Crippen LogP contribution in [0.15, 0.2) is 15.8 Å². The molecule has 1 aromatic heterocycles. The molecule has 0 spiro atoms. The highest BCUT2D eigenvalue weighted by molar-refractivity contribution is 8.00. The van der Waals surface area contributed by atoms with Crippen molar-refractivity contribution in [2.24, 2.45) is 0 Å². The SMILES string of the molecule is Cc1cn([C@H]2C[C@H](O)[C@H](CO)S2)c(=O)[nH]c1=O. The van der Waals surface area contributed by atoms with Crippen molar-refractivity contribution in [1.29, 1.82) is 0 Å². The van der Waals surface area contributed by atoms with Crippen molar-refractivity contribution in [3.05, 3.63) is 32.6 Å². The van der Waals surface area contributed by atoms with Crippen molar-refractivity contribution < 1.29 is 10.2 Å². The van der Waals surface area contributed by atoms with Crippen LogP contribution in [0.5, 0.6) is 0 Å². The number of thioether (sulfide) groups is 1. The van der Waals surface area contributed by atoms with E-state index in [-0.39, 0.29) is 17.2 Å². The second kappa shape index (κ2) is 4.67. The Morgan fingerprint density at radius 1 is 1.59 bits per heavy atom. The van der Waals surface area contributed by atoms with Gasteiger partial charge < -0.3 is 10.2 Å². The van der Waals surface area contributed by atoms with E-state index in [9.17, 15) is 14.7 Å². The molecule has 3 atom stereocenters. The largest absolute Gasteiger partial charge is 0.395 e. The molecule has 7 heteroatoms. The maximum absolute atomic E-state index is 11.6. The number of aliphatic hydroxyl groups excluding tert-OH is 2. The molecule has 2 rings (SSSR count). The number of nitrogens with one attached hydrogen (secondary N) is 1. The molecule has 0 aromatic carbocycles. The molecule has 0 saturated carbocycles. The van der Waals surface area contributed by atoms with Crippen molar-refractivity contribution in [3.63, 3.8) is 0 Å². The highest BCUT2D eigenvalue weighted by Crippen LogP contribution is 2.40. The molecular weight excluding hydrogens is 244 g/mol. The van der Waals surface area contributed by atoms with Crippen LogP contribution in [-0.4, -0.2) is 37.7 Å². The molecule has 2 heterocycles. The van der Waals surface area contributed by atoms with Gasteiger partial charge in [-0.3, -0.25) is 14.3 Å². The first-order chi connectivity index (χ1) is 8.02. The van der Waals surface area contributed by atoms with Gasteiger partial charge >= 0.3 is 5.69 Å². The normalized spacial score (nSPS) is 28.5. The number of H-pyrrole nitrogens is 1. The lowest BCUT2D eigenvalue weighted by atomic mass is 10.2. The number of hydrogen-bond acceptors (Lipinski definition) is 5. The van der Waals surface area contributed by atoms with E-state index in [1.54, 1.807) is 6.92 Å². The maximum Gasteiger partial charge on any atom is 0.329 e. The van der Waals surface area contributed by atoms with E-state index in [2.05, 4.69) is 4.98 Å². The van der Waals surface area contributed by atoms with Gasteiger partial charge in [0, 0.05) is 18.2 Å². The Morgan fingerprint density at radius 3 is 2.88 bits per heavy atom. The average Bonchev–Trinajstić information content (AvgIpc) is 2.65. The third-order valence-electron chi connectivity index (χ3n) is 2.84. The van der Waals surface area contributed by atoms with Crippen molar-refractivity contribution >= 4 is 11.8 Å². The summed E-state index contributed by atoms with van der Waals surface area (Å²) >= 11 is 1.34. The standard InChI is InChI=1S/C10H14N2O4S/c1-5-3-12(10(16)11-9(5)15)8-2-6(14)7(4-13)17-8/h3,6-8,13-14H,2,4H2,1H3,(H,11,15,16)/t6-,7-,8+/m0/s1. The highest BCUT2D eigenvalue weighted by Gasteiger charge is 2.34. The monoisotopic (exact) mass is 258 g/mol. The van der Waals surface area contributed by atoms with Gasteiger partial charge in [0.25, 0.3) is 5.56 Å². The summed E-state index contributed by atoms with van der Waals surface area (Å²) in [5, 5.41) is 18.2. The minimum atomic E-state index is -0.630. The first kappa shape index (κ1) is 12.4. The summed E-state index contributed by atoms with van der Waals surface area (Å²) in [5.41, 5.74) is -0.426. The lowest BCUT2D eigenvalue weighted by Crippen LogP contribution is -2.32. The number of nitrogens with zero attached hydrogens (tertiary/aromatic N) is 1. The molecule has 1 aliphatic heterocycles. The summed E-state index contributed by atoms with van der Waals surface area (Å²) in [7, 11) is 0. The van der Waals surface area contributed by atoms with Gasteiger partial charge in [-0.25, -0.2) is 4.79 Å². The number of rotatable bonds is 2. The van der Waals surface area contributed by atoms with E-state index >= 15 is 0 Å². The van der Waals surface area contributed by atoms with Crippen LogP contribution in [0, 0.1) is 6.92 Å². The van der Waals surface area contributed by atoms with E-state index in [0.29, 0.717) is 12.0 Å². The fourth-order valence-corrected chi connectivity index (χ4v) is 3.23. The lowest BCUT2D eigenvalue weighted by Gasteiger charge is -2.13. The second-order valence-electron chi connectivity index (χ2n) is 4.09. The quantitative estimate of drug-likeness (QED) is 0.645. The first-order valence-electron chi connectivity index (χ1n) is 5.29. The van der Waals surface area contributed by atoms with Gasteiger partial charge in [-0.2, -0.15) is 0 Å². The third-order valence-corrected chi connectivity index (χ3v) is 4.39. The predicted molar refractivity (Wildman–Crippen MR) is 64.2 cm³/mol. The maximum atomic E-state index is 11.6. The molecule has 17 heavy (non-hydrogen) atoms. The predicted octanol–water partition coefficient (Wildman–Crippen LogP) is -0.798. The van der Waals surface area contributed by atoms with Crippen LogP contribution < -0.4 is 11.2 Å². The van der Waals surface area contributed by atoms with E-state index in [1.165, 1.54) is 22.5 Å². The molecule has 1 aromatic rings. The summed E-state index contributed by atoms with van der Waals surface area (Å²) in [4.78, 5) is 25.1. The summed E-state index contributed by atoms with van der Waals surface area (Å²) in [6.07, 6.45) is 1.25. The third kappa shape index (κ3) is 2.31. The summed E-state index contributed by atoms with van der Waals surface area (Å²) in [5.74, 6) is 0. The van der Waals surface area contributed by atoms with Crippen LogP contribution in [0.4, 0.5) is 0 Å². The number of aryl methyl sites for hydroxylation is 1. The lowest BCUT2D eigenvalue weighted by molar-refractivity contribution is 0.137. The van der Waals surface area contributed by atoms with Gasteiger partial charge in [-0.15, -0.1) is 11.8 Å². The fourth-order valence-electron chi connectivity index (χ4n) is 1.85. The van der Waals surface area contributed by atoms with E-state index < -0.39 is 17.4 Å². The Morgan fingerprint density at radius 2 is 2.29 bits per heavy atom. The van der Waals surface area contributed by atoms with Crippen molar-refractivity contribution in [2.45, 2.75) is 30.1 Å². The number of aromatic amines is 1. The van der Waals surface area contributed by atoms with E-state index in [1.807, 2.05) is 0 Å². The van der Waals surface area contributed by atoms with Gasteiger partial charge in [0.1, 0.15) is 0 Å². The van der Waals surface area contributed by atoms with Crippen LogP contribution in [-0.2, 0) is 0 Å². The first-order valence-corrected chi connectivity index (χ1v) is 6.23. The van der Waals surface area contributed by atoms with E-state index in [4.69, 9.17) is 5.11 Å². The molecular formula is C10H14N2O4S. The molecule has 1 aliphatic rings. The second-order valence-corrected chi connectivity index (χ2v) is 5.52. The molecule has 0 aliphatic carbocycles. The molecule has 94 valence electrons. The Hall–Kier alpha value is -1.05. The van der Waals surface area contributed by atoms with E-state index in [0.717, 1.165) is 0 Å². The Balaban J connectivity index is 2.34. The molecule has 6 nitrogen and oxygen atoms in total. The van der Waals surface area contributed by atoms with Gasteiger partial charge in [-0.05, 0) is 6.92 Å². The van der Waals surface area contributed by atoms with Crippen molar-refractivity contribution in [3.8, 4) is 0 Å². The molecule has 1 saturated heterocycles. The topological polar surface area (TPSA) is 95.3 Å². The zero-order chi connectivity index (χ0) is 12.6. The van der Waals surface area contributed by atoms with Gasteiger partial charge in [0.15, 0.2) is 0 Å². The summed E-state index contributed by atoms with van der Waals surface area (Å²) < 4.78 is 1.40. The summed E-state index contributed by atoms with van der Waals surface area (Å²) in [6.45, 7) is 1.49. The number of hydrogen-bond donors (Lipinski definition) is 3. The van der Waals surface area contributed by atoms with Crippen LogP contribution in [0.3, 0.4) is 0 Å². The molecule has 0 unspecified atom stereocenters. The molecule has 1 fully saturated rings. The van der Waals surface area contributed by atoms with Gasteiger partial charge in [-0.1, -0.05) is 0 Å². The smallest absolute Gasteiger partial charge is 0.329 e. The Kier molecular flexibility index (Phi) is 3.41. The number of aromatic nitrogens is 2. The molecule has 3 N–H and O–H groups in total. The number of aliphatic hydroxyl groups is 2. The minimum absolute atomic E-state index is 0.126. The highest BCUT2D eigenvalue weighted by atomic mass is 32.2. The van der Waals surface area contributed by atoms with Crippen LogP contribution in [0.1, 0.15) is 17.4 Å². The van der Waals surface area contributed by atoms with Crippen LogP contribution in [0.2, 0.25) is 0 Å².